The van der Waals surface area contributed by atoms with Crippen LogP contribution in [-0.2, 0) is 6.54 Å². The van der Waals surface area contributed by atoms with E-state index in [2.05, 4.69) is 39.4 Å². The number of rotatable bonds is 4. The van der Waals surface area contributed by atoms with Gasteiger partial charge in [0.1, 0.15) is 0 Å². The SMILES string of the molecule is CC(=O)c1cccc(NC(=S)N2CCN(Cc3ccccc3)CC2)c1. The highest BCUT2D eigenvalue weighted by Gasteiger charge is 2.19. The molecule has 1 aliphatic heterocycles. The molecule has 3 rings (SSSR count). The van der Waals surface area contributed by atoms with Crippen molar-refractivity contribution in [1.82, 2.24) is 9.80 Å². The lowest BCUT2D eigenvalue weighted by Crippen LogP contribution is -2.49. The van der Waals surface area contributed by atoms with E-state index in [4.69, 9.17) is 12.2 Å². The Morgan fingerprint density at radius 2 is 1.76 bits per heavy atom. The van der Waals surface area contributed by atoms with Crippen LogP contribution in [0.2, 0.25) is 0 Å². The van der Waals surface area contributed by atoms with E-state index in [-0.39, 0.29) is 5.78 Å². The predicted molar refractivity (Wildman–Crippen MR) is 106 cm³/mol. The van der Waals surface area contributed by atoms with Crippen LogP contribution in [0.4, 0.5) is 5.69 Å². The average molecular weight is 353 g/mol. The molecule has 0 unspecified atom stereocenters. The van der Waals surface area contributed by atoms with E-state index in [0.717, 1.165) is 43.5 Å². The molecule has 4 nitrogen and oxygen atoms in total. The largest absolute Gasteiger partial charge is 0.346 e. The van der Waals surface area contributed by atoms with Gasteiger partial charge in [-0.3, -0.25) is 9.69 Å². The second kappa shape index (κ2) is 8.23. The number of nitrogens with zero attached hydrogens (tertiary/aromatic N) is 2. The summed E-state index contributed by atoms with van der Waals surface area (Å²) in [6.45, 7) is 6.35. The Morgan fingerprint density at radius 3 is 2.44 bits per heavy atom. The minimum absolute atomic E-state index is 0.0593. The summed E-state index contributed by atoms with van der Waals surface area (Å²) in [6.07, 6.45) is 0. The predicted octanol–water partition coefficient (Wildman–Crippen LogP) is 3.40. The zero-order valence-electron chi connectivity index (χ0n) is 14.4. The lowest BCUT2D eigenvalue weighted by Gasteiger charge is -2.36. The number of hydrogen-bond donors (Lipinski definition) is 1. The van der Waals surface area contributed by atoms with Gasteiger partial charge in [0.2, 0.25) is 0 Å². The molecule has 0 saturated carbocycles. The van der Waals surface area contributed by atoms with Crippen molar-refractivity contribution in [3.05, 3.63) is 65.7 Å². The average Bonchev–Trinajstić information content (AvgIpc) is 2.63. The molecule has 2 aromatic carbocycles. The molecular formula is C20H23N3OS. The van der Waals surface area contributed by atoms with Gasteiger partial charge in [-0.2, -0.15) is 0 Å². The van der Waals surface area contributed by atoms with Crippen LogP contribution in [0.1, 0.15) is 22.8 Å². The highest BCUT2D eigenvalue weighted by atomic mass is 32.1. The number of carbonyl (C=O) groups is 1. The second-order valence-corrected chi connectivity index (χ2v) is 6.70. The van der Waals surface area contributed by atoms with E-state index in [1.807, 2.05) is 30.3 Å². The monoisotopic (exact) mass is 353 g/mol. The molecule has 130 valence electrons. The maximum absolute atomic E-state index is 11.5. The van der Waals surface area contributed by atoms with Gasteiger partial charge in [-0.25, -0.2) is 0 Å². The van der Waals surface area contributed by atoms with E-state index >= 15 is 0 Å². The first kappa shape index (κ1) is 17.6. The third-order valence-corrected chi connectivity index (χ3v) is 4.79. The van der Waals surface area contributed by atoms with Gasteiger partial charge in [-0.05, 0) is 36.8 Å². The van der Waals surface area contributed by atoms with E-state index in [9.17, 15) is 4.79 Å². The van der Waals surface area contributed by atoms with Gasteiger partial charge in [0.25, 0.3) is 0 Å². The summed E-state index contributed by atoms with van der Waals surface area (Å²) in [7, 11) is 0. The van der Waals surface area contributed by atoms with Crippen molar-refractivity contribution in [2.75, 3.05) is 31.5 Å². The van der Waals surface area contributed by atoms with Crippen LogP contribution < -0.4 is 5.32 Å². The molecule has 1 heterocycles. The molecule has 0 spiro atoms. The Balaban J connectivity index is 1.51. The quantitative estimate of drug-likeness (QED) is 0.673. The zero-order chi connectivity index (χ0) is 17.6. The molecule has 0 bridgehead atoms. The van der Waals surface area contributed by atoms with Crippen molar-refractivity contribution < 1.29 is 4.79 Å². The van der Waals surface area contributed by atoms with Crippen molar-refractivity contribution in [3.63, 3.8) is 0 Å². The minimum Gasteiger partial charge on any atom is -0.346 e. The Labute approximate surface area is 154 Å². The number of nitrogens with one attached hydrogen (secondary N) is 1. The Hall–Kier alpha value is -2.24. The van der Waals surface area contributed by atoms with Gasteiger partial charge in [0, 0.05) is 44.0 Å². The van der Waals surface area contributed by atoms with Gasteiger partial charge in [0.05, 0.1) is 0 Å². The first-order valence-electron chi connectivity index (χ1n) is 8.55. The number of Topliss-reactive ketones (excluding diaryl/α,β-unsaturated/α-hetero) is 1. The number of thiocarbonyl (C=S) groups is 1. The molecule has 0 atom stereocenters. The minimum atomic E-state index is 0.0593. The summed E-state index contributed by atoms with van der Waals surface area (Å²) in [6, 6.07) is 18.0. The fourth-order valence-electron chi connectivity index (χ4n) is 2.97. The number of ketones is 1. The fraction of sp³-hybridized carbons (Fsp3) is 0.300. The number of hydrogen-bond acceptors (Lipinski definition) is 3. The van der Waals surface area contributed by atoms with Crippen LogP contribution in [0.5, 0.6) is 0 Å². The Morgan fingerprint density at radius 1 is 1.04 bits per heavy atom. The maximum Gasteiger partial charge on any atom is 0.173 e. The van der Waals surface area contributed by atoms with Gasteiger partial charge in [-0.1, -0.05) is 42.5 Å². The molecule has 1 saturated heterocycles. The molecule has 25 heavy (non-hydrogen) atoms. The van der Waals surface area contributed by atoms with Crippen LogP contribution in [-0.4, -0.2) is 46.9 Å². The molecule has 5 heteroatoms. The normalized spacial score (nSPS) is 15.0. The highest BCUT2D eigenvalue weighted by Crippen LogP contribution is 2.14. The molecule has 0 amide bonds. The van der Waals surface area contributed by atoms with E-state index in [1.54, 1.807) is 6.92 Å². The first-order valence-corrected chi connectivity index (χ1v) is 8.96. The maximum atomic E-state index is 11.5. The Bertz CT molecular complexity index is 740. The number of piperazine rings is 1. The van der Waals surface area contributed by atoms with Crippen LogP contribution in [0, 0.1) is 0 Å². The van der Waals surface area contributed by atoms with Crippen molar-refractivity contribution in [2.45, 2.75) is 13.5 Å². The van der Waals surface area contributed by atoms with Crippen molar-refractivity contribution in [1.29, 1.82) is 0 Å². The third-order valence-electron chi connectivity index (χ3n) is 4.43. The fourth-order valence-corrected chi connectivity index (χ4v) is 3.27. The third kappa shape index (κ3) is 4.87. The number of anilines is 1. The van der Waals surface area contributed by atoms with E-state index in [0.29, 0.717) is 5.56 Å². The van der Waals surface area contributed by atoms with Crippen LogP contribution >= 0.6 is 12.2 Å². The molecule has 0 aromatic heterocycles. The van der Waals surface area contributed by atoms with Crippen LogP contribution in [0.15, 0.2) is 54.6 Å². The van der Waals surface area contributed by atoms with Gasteiger partial charge < -0.3 is 10.2 Å². The molecule has 0 radical (unpaired) electrons. The molecule has 1 aliphatic rings. The lowest BCUT2D eigenvalue weighted by molar-refractivity contribution is 0.101. The molecule has 0 aliphatic carbocycles. The number of carbonyl (C=O) groups excluding carboxylic acids is 1. The summed E-state index contributed by atoms with van der Waals surface area (Å²) >= 11 is 5.54. The van der Waals surface area contributed by atoms with Crippen molar-refractivity contribution >= 4 is 28.8 Å². The molecular weight excluding hydrogens is 330 g/mol. The highest BCUT2D eigenvalue weighted by molar-refractivity contribution is 7.80. The molecule has 2 aromatic rings. The van der Waals surface area contributed by atoms with Crippen molar-refractivity contribution in [3.8, 4) is 0 Å². The lowest BCUT2D eigenvalue weighted by atomic mass is 10.1. The van der Waals surface area contributed by atoms with E-state index in [1.165, 1.54) is 5.56 Å². The van der Waals surface area contributed by atoms with Gasteiger partial charge >= 0.3 is 0 Å². The summed E-state index contributed by atoms with van der Waals surface area (Å²) in [5, 5.41) is 3.98. The van der Waals surface area contributed by atoms with Gasteiger partial charge in [-0.15, -0.1) is 0 Å². The summed E-state index contributed by atoms with van der Waals surface area (Å²) in [5.41, 5.74) is 2.91. The standard InChI is InChI=1S/C20H23N3OS/c1-16(24)18-8-5-9-19(14-18)21-20(25)23-12-10-22(11-13-23)15-17-6-3-2-4-7-17/h2-9,14H,10-13,15H2,1H3,(H,21,25). The number of benzene rings is 2. The first-order chi connectivity index (χ1) is 12.1. The summed E-state index contributed by atoms with van der Waals surface area (Å²) < 4.78 is 0. The second-order valence-electron chi connectivity index (χ2n) is 6.32. The Kier molecular flexibility index (Phi) is 5.79. The smallest absolute Gasteiger partial charge is 0.173 e. The molecule has 1 N–H and O–H groups in total. The zero-order valence-corrected chi connectivity index (χ0v) is 15.3. The van der Waals surface area contributed by atoms with Gasteiger partial charge in [0.15, 0.2) is 10.9 Å². The van der Waals surface area contributed by atoms with Crippen molar-refractivity contribution in [2.24, 2.45) is 0 Å². The summed E-state index contributed by atoms with van der Waals surface area (Å²) in [5.74, 6) is 0.0593. The van der Waals surface area contributed by atoms with Crippen LogP contribution in [0.3, 0.4) is 0 Å². The molecule has 1 fully saturated rings. The van der Waals surface area contributed by atoms with Crippen LogP contribution in [0.25, 0.3) is 0 Å². The van der Waals surface area contributed by atoms with E-state index < -0.39 is 0 Å². The summed E-state index contributed by atoms with van der Waals surface area (Å²) in [4.78, 5) is 16.1. The topological polar surface area (TPSA) is 35.6 Å².